The molecule has 96 valence electrons. The molecule has 0 aromatic heterocycles. The Morgan fingerprint density at radius 2 is 1.81 bits per heavy atom. The SMILES string of the molecule is CC(C)COC(C)/[P+]([O-])=C(\O)C[N+](C)(C)C. The van der Waals surface area contributed by atoms with Gasteiger partial charge in [0.05, 0.1) is 27.7 Å². The minimum Gasteiger partial charge on any atom is -0.626 e. The van der Waals surface area contributed by atoms with E-state index >= 15 is 0 Å². The maximum atomic E-state index is 11.9. The highest BCUT2D eigenvalue weighted by Gasteiger charge is 2.22. The summed E-state index contributed by atoms with van der Waals surface area (Å²) in [6.45, 7) is 6.78. The Balaban J connectivity index is 4.38. The fourth-order valence-corrected chi connectivity index (χ4v) is 2.31. The van der Waals surface area contributed by atoms with Crippen LogP contribution in [0.1, 0.15) is 20.8 Å². The first-order valence-corrected chi connectivity index (χ1v) is 6.89. The lowest BCUT2D eigenvalue weighted by molar-refractivity contribution is -0.861. The molecule has 0 aliphatic heterocycles. The Morgan fingerprint density at radius 1 is 1.31 bits per heavy atom. The molecule has 0 fully saturated rings. The lowest BCUT2D eigenvalue weighted by Gasteiger charge is -2.22. The number of ether oxygens (including phenoxy) is 1. The second-order valence-electron chi connectivity index (χ2n) is 5.52. The van der Waals surface area contributed by atoms with Gasteiger partial charge in [-0.25, -0.2) is 0 Å². The van der Waals surface area contributed by atoms with Gasteiger partial charge in [0.15, 0.2) is 6.54 Å². The Morgan fingerprint density at radius 3 is 2.19 bits per heavy atom. The molecule has 4 nitrogen and oxygen atoms in total. The Labute approximate surface area is 99.9 Å². The second-order valence-corrected chi connectivity index (χ2v) is 7.41. The molecule has 0 aromatic rings. The molecule has 16 heavy (non-hydrogen) atoms. The van der Waals surface area contributed by atoms with Crippen molar-refractivity contribution < 1.29 is 19.2 Å². The van der Waals surface area contributed by atoms with E-state index in [2.05, 4.69) is 0 Å². The van der Waals surface area contributed by atoms with Gasteiger partial charge in [-0.1, -0.05) is 13.8 Å². The summed E-state index contributed by atoms with van der Waals surface area (Å²) in [5.41, 5.74) is 0.0405. The summed E-state index contributed by atoms with van der Waals surface area (Å²) < 4.78 is 5.99. The molecule has 0 saturated carbocycles. The summed E-state index contributed by atoms with van der Waals surface area (Å²) in [6.07, 6.45) is 0. The zero-order chi connectivity index (χ0) is 12.9. The van der Waals surface area contributed by atoms with Crippen molar-refractivity contribution in [2.24, 2.45) is 5.92 Å². The van der Waals surface area contributed by atoms with Crippen molar-refractivity contribution in [3.8, 4) is 0 Å². The molecule has 0 radical (unpaired) electrons. The van der Waals surface area contributed by atoms with Crippen LogP contribution in [0.3, 0.4) is 0 Å². The number of aliphatic hydroxyl groups is 1. The molecule has 0 saturated heterocycles. The van der Waals surface area contributed by atoms with Crippen molar-refractivity contribution >= 4 is 13.3 Å². The number of quaternary nitrogens is 1. The first-order chi connectivity index (χ1) is 7.13. The number of likely N-dealkylation sites (N-methyl/N-ethyl adjacent to an activating group) is 1. The van der Waals surface area contributed by atoms with Crippen LogP contribution in [0.5, 0.6) is 0 Å². The van der Waals surface area contributed by atoms with Gasteiger partial charge < -0.3 is 19.2 Å². The Kier molecular flexibility index (Phi) is 6.68. The monoisotopic (exact) mass is 250 g/mol. The van der Waals surface area contributed by atoms with Crippen molar-refractivity contribution in [2.75, 3.05) is 34.3 Å². The normalized spacial score (nSPS) is 16.3. The van der Waals surface area contributed by atoms with Crippen LogP contribution in [0.15, 0.2) is 0 Å². The predicted octanol–water partition coefficient (Wildman–Crippen LogP) is 0.971. The van der Waals surface area contributed by atoms with E-state index in [0.717, 1.165) is 0 Å². The first kappa shape index (κ1) is 16.0. The van der Waals surface area contributed by atoms with E-state index in [1.54, 1.807) is 6.92 Å². The molecule has 1 N–H and O–H groups in total. The van der Waals surface area contributed by atoms with E-state index in [1.165, 1.54) is 0 Å². The van der Waals surface area contributed by atoms with Crippen LogP contribution in [0.2, 0.25) is 0 Å². The van der Waals surface area contributed by atoms with Crippen molar-refractivity contribution in [1.82, 2.24) is 0 Å². The van der Waals surface area contributed by atoms with Crippen LogP contribution < -0.4 is 4.89 Å². The lowest BCUT2D eigenvalue weighted by atomic mass is 10.2. The molecule has 0 amide bonds. The van der Waals surface area contributed by atoms with Gasteiger partial charge in [0.1, 0.15) is 7.77 Å². The van der Waals surface area contributed by atoms with E-state index in [9.17, 15) is 10.00 Å². The Bertz CT molecular complexity index is 246. The number of rotatable bonds is 6. The van der Waals surface area contributed by atoms with Crippen LogP contribution in [0, 0.1) is 5.92 Å². The van der Waals surface area contributed by atoms with E-state index in [-0.39, 0.29) is 5.48 Å². The third kappa shape index (κ3) is 7.31. The average molecular weight is 250 g/mol. The molecule has 2 atom stereocenters. The maximum Gasteiger partial charge on any atom is 0.276 e. The van der Waals surface area contributed by atoms with Crippen LogP contribution >= 0.6 is 7.77 Å². The molecular formula is C11H25NO3P+. The smallest absolute Gasteiger partial charge is 0.276 e. The van der Waals surface area contributed by atoms with Gasteiger partial charge in [-0.05, 0) is 5.92 Å². The fourth-order valence-electron chi connectivity index (χ4n) is 1.10. The highest BCUT2D eigenvalue weighted by Crippen LogP contribution is 2.23. The average Bonchev–Trinajstić information content (AvgIpc) is 2.10. The molecule has 0 heterocycles. The molecular weight excluding hydrogens is 225 g/mol. The molecule has 0 rings (SSSR count). The second kappa shape index (κ2) is 6.67. The third-order valence-electron chi connectivity index (χ3n) is 1.87. The summed E-state index contributed by atoms with van der Waals surface area (Å²) >= 11 is 0. The standard InChI is InChI=1S/C11H24NO3P/c1-9(2)8-15-10(3)16(14)11(13)7-12(4,5)6/h9-10H,7-8H2,1-6H3/p+1. The lowest BCUT2D eigenvalue weighted by Crippen LogP contribution is -2.40. The van der Waals surface area contributed by atoms with Gasteiger partial charge in [-0.15, -0.1) is 0 Å². The van der Waals surface area contributed by atoms with E-state index in [1.807, 2.05) is 35.0 Å². The number of hydrogen-bond acceptors (Lipinski definition) is 2. The molecule has 2 unspecified atom stereocenters. The van der Waals surface area contributed by atoms with Gasteiger partial charge in [-0.2, -0.15) is 0 Å². The third-order valence-corrected chi connectivity index (χ3v) is 3.33. The summed E-state index contributed by atoms with van der Waals surface area (Å²) in [6, 6.07) is 0. The minimum absolute atomic E-state index is 0.0405. The van der Waals surface area contributed by atoms with Crippen molar-refractivity contribution in [1.29, 1.82) is 0 Å². The number of hydrogen-bond donors (Lipinski definition) is 1. The van der Waals surface area contributed by atoms with Crippen LogP contribution in [-0.4, -0.2) is 55.2 Å². The molecule has 0 spiro atoms. The number of nitrogens with zero attached hydrogens (tertiary/aromatic N) is 1. The molecule has 0 bridgehead atoms. The van der Waals surface area contributed by atoms with Crippen LogP contribution in [0.4, 0.5) is 0 Å². The van der Waals surface area contributed by atoms with Crippen molar-refractivity contribution in [3.63, 3.8) is 0 Å². The van der Waals surface area contributed by atoms with Gasteiger partial charge in [0.25, 0.3) is 5.48 Å². The van der Waals surface area contributed by atoms with Crippen molar-refractivity contribution in [3.05, 3.63) is 0 Å². The zero-order valence-corrected chi connectivity index (χ0v) is 12.1. The Hall–Kier alpha value is 0.0100. The minimum atomic E-state index is -1.81. The zero-order valence-electron chi connectivity index (χ0n) is 11.2. The van der Waals surface area contributed by atoms with Crippen LogP contribution in [-0.2, 0) is 4.74 Å². The van der Waals surface area contributed by atoms with Crippen LogP contribution in [0.25, 0.3) is 0 Å². The van der Waals surface area contributed by atoms with Gasteiger partial charge >= 0.3 is 0 Å². The van der Waals surface area contributed by atoms with Gasteiger partial charge in [-0.3, -0.25) is 0 Å². The fraction of sp³-hybridized carbons (Fsp3) is 0.909. The summed E-state index contributed by atoms with van der Waals surface area (Å²) in [5, 5.41) is 9.73. The first-order valence-electron chi connectivity index (χ1n) is 5.56. The highest BCUT2D eigenvalue weighted by molar-refractivity contribution is 7.51. The highest BCUT2D eigenvalue weighted by atomic mass is 31.1. The quantitative estimate of drug-likeness (QED) is 0.564. The molecule has 0 aliphatic rings. The maximum absolute atomic E-state index is 11.9. The van der Waals surface area contributed by atoms with Gasteiger partial charge in [0, 0.05) is 6.92 Å². The van der Waals surface area contributed by atoms with E-state index in [4.69, 9.17) is 4.74 Å². The van der Waals surface area contributed by atoms with E-state index in [0.29, 0.717) is 23.6 Å². The summed E-state index contributed by atoms with van der Waals surface area (Å²) in [7, 11) is 4.02. The topological polar surface area (TPSA) is 52.5 Å². The number of aliphatic hydroxyl groups excluding tert-OH is 1. The van der Waals surface area contributed by atoms with E-state index < -0.39 is 13.6 Å². The predicted molar refractivity (Wildman–Crippen MR) is 67.0 cm³/mol. The van der Waals surface area contributed by atoms with Gasteiger partial charge in [0.2, 0.25) is 5.85 Å². The summed E-state index contributed by atoms with van der Waals surface area (Å²) in [4.78, 5) is 11.9. The van der Waals surface area contributed by atoms with Crippen molar-refractivity contribution in [2.45, 2.75) is 26.6 Å². The molecule has 0 aliphatic carbocycles. The molecule has 5 heteroatoms. The summed E-state index contributed by atoms with van der Waals surface area (Å²) in [5.74, 6) is -0.00431. The largest absolute Gasteiger partial charge is 0.626 e. The molecule has 0 aromatic carbocycles.